The summed E-state index contributed by atoms with van der Waals surface area (Å²) < 4.78 is 0. The molecule has 4 rings (SSSR count). The standard InChI is InChI=1S/C19H17N3O2/c23-17-15-8-4-5-9-16(15)19(24,18-20-11-12-21-18)22(17)13-10-14-6-2-1-3-7-14/h1-9,11-12,18,24H,10,13H2. The summed E-state index contributed by atoms with van der Waals surface area (Å²) in [6.07, 6.45) is 3.05. The molecule has 0 fully saturated rings. The molecule has 1 atom stereocenters. The van der Waals surface area contributed by atoms with Gasteiger partial charge >= 0.3 is 0 Å². The Morgan fingerprint density at radius 1 is 1.00 bits per heavy atom. The van der Waals surface area contributed by atoms with Gasteiger partial charge in [0.25, 0.3) is 5.91 Å². The predicted molar refractivity (Wildman–Crippen MR) is 92.3 cm³/mol. The maximum Gasteiger partial charge on any atom is 0.256 e. The third kappa shape index (κ3) is 2.17. The molecule has 0 saturated heterocycles. The molecule has 0 spiro atoms. The third-order valence-electron chi connectivity index (χ3n) is 4.56. The van der Waals surface area contributed by atoms with Crippen LogP contribution in [0.2, 0.25) is 0 Å². The fraction of sp³-hybridized carbons (Fsp3) is 0.211. The van der Waals surface area contributed by atoms with Gasteiger partial charge in [0, 0.05) is 30.1 Å². The lowest BCUT2D eigenvalue weighted by atomic mass is 9.98. The lowest BCUT2D eigenvalue weighted by molar-refractivity contribution is -0.0990. The monoisotopic (exact) mass is 319 g/mol. The van der Waals surface area contributed by atoms with Crippen LogP contribution in [0.4, 0.5) is 0 Å². The van der Waals surface area contributed by atoms with E-state index in [0.29, 0.717) is 24.1 Å². The van der Waals surface area contributed by atoms with Crippen molar-refractivity contribution in [3.63, 3.8) is 0 Å². The van der Waals surface area contributed by atoms with Crippen molar-refractivity contribution in [3.05, 3.63) is 71.3 Å². The van der Waals surface area contributed by atoms with Crippen LogP contribution in [-0.2, 0) is 12.1 Å². The average Bonchev–Trinajstić information content (AvgIpc) is 3.23. The van der Waals surface area contributed by atoms with Crippen LogP contribution in [0.15, 0.2) is 64.6 Å². The van der Waals surface area contributed by atoms with Gasteiger partial charge in [-0.15, -0.1) is 0 Å². The van der Waals surface area contributed by atoms with Crippen molar-refractivity contribution < 1.29 is 9.90 Å². The van der Waals surface area contributed by atoms with Gasteiger partial charge in [-0.25, -0.2) is 0 Å². The van der Waals surface area contributed by atoms with Gasteiger partial charge in [-0.3, -0.25) is 14.8 Å². The van der Waals surface area contributed by atoms with Crippen molar-refractivity contribution in [1.29, 1.82) is 0 Å². The molecular formula is C19H17N3O2. The van der Waals surface area contributed by atoms with Gasteiger partial charge in [-0.1, -0.05) is 48.5 Å². The number of fused-ring (bicyclic) bond motifs is 1. The summed E-state index contributed by atoms with van der Waals surface area (Å²) in [7, 11) is 0. The van der Waals surface area contributed by atoms with Crippen LogP contribution in [0.25, 0.3) is 0 Å². The lowest BCUT2D eigenvalue weighted by Crippen LogP contribution is -2.51. The number of hydrogen-bond acceptors (Lipinski definition) is 4. The van der Waals surface area contributed by atoms with Crippen molar-refractivity contribution in [3.8, 4) is 0 Å². The van der Waals surface area contributed by atoms with E-state index in [-0.39, 0.29) is 5.91 Å². The minimum atomic E-state index is -1.54. The highest BCUT2D eigenvalue weighted by Crippen LogP contribution is 2.41. The topological polar surface area (TPSA) is 65.3 Å². The summed E-state index contributed by atoms with van der Waals surface area (Å²) in [6, 6.07) is 17.1. The zero-order chi connectivity index (χ0) is 16.6. The van der Waals surface area contributed by atoms with E-state index in [1.54, 1.807) is 30.6 Å². The summed E-state index contributed by atoms with van der Waals surface area (Å²) in [5.74, 6) is -0.179. The average molecular weight is 319 g/mol. The first-order valence-corrected chi connectivity index (χ1v) is 7.94. The van der Waals surface area contributed by atoms with Gasteiger partial charge < -0.3 is 10.0 Å². The quantitative estimate of drug-likeness (QED) is 0.937. The number of carbonyl (C=O) groups is 1. The minimum absolute atomic E-state index is 0.179. The van der Waals surface area contributed by atoms with E-state index in [0.717, 1.165) is 5.56 Å². The highest BCUT2D eigenvalue weighted by molar-refractivity contribution is 6.17. The number of nitrogens with zero attached hydrogens (tertiary/aromatic N) is 3. The first kappa shape index (κ1) is 14.8. The number of benzene rings is 2. The van der Waals surface area contributed by atoms with Gasteiger partial charge in [-0.05, 0) is 18.1 Å². The molecular weight excluding hydrogens is 302 g/mol. The van der Waals surface area contributed by atoms with Crippen LogP contribution in [-0.4, -0.2) is 41.1 Å². The fourth-order valence-electron chi connectivity index (χ4n) is 3.36. The van der Waals surface area contributed by atoms with E-state index in [4.69, 9.17) is 0 Å². The second kappa shape index (κ2) is 5.69. The molecule has 2 aliphatic heterocycles. The van der Waals surface area contributed by atoms with E-state index in [9.17, 15) is 9.90 Å². The molecule has 120 valence electrons. The van der Waals surface area contributed by atoms with E-state index in [2.05, 4.69) is 9.98 Å². The summed E-state index contributed by atoms with van der Waals surface area (Å²) in [4.78, 5) is 22.8. The Hall–Kier alpha value is -2.79. The van der Waals surface area contributed by atoms with E-state index in [1.807, 2.05) is 36.4 Å². The smallest absolute Gasteiger partial charge is 0.256 e. The maximum absolute atomic E-state index is 12.9. The van der Waals surface area contributed by atoms with Gasteiger partial charge in [0.05, 0.1) is 0 Å². The molecule has 0 aromatic heterocycles. The summed E-state index contributed by atoms with van der Waals surface area (Å²) >= 11 is 0. The number of aliphatic hydroxyl groups is 1. The molecule has 1 N–H and O–H groups in total. The van der Waals surface area contributed by atoms with Crippen molar-refractivity contribution >= 4 is 18.3 Å². The Bertz CT molecular complexity index is 820. The van der Waals surface area contributed by atoms with Crippen molar-refractivity contribution in [2.24, 2.45) is 9.98 Å². The number of rotatable bonds is 4. The van der Waals surface area contributed by atoms with E-state index >= 15 is 0 Å². The molecule has 5 nitrogen and oxygen atoms in total. The van der Waals surface area contributed by atoms with Crippen LogP contribution < -0.4 is 0 Å². The SMILES string of the molecule is O=C1c2ccccc2C(O)(C2N=CC=N2)N1CCc1ccccc1. The molecule has 24 heavy (non-hydrogen) atoms. The zero-order valence-electron chi connectivity index (χ0n) is 13.0. The zero-order valence-corrected chi connectivity index (χ0v) is 13.0. The van der Waals surface area contributed by atoms with Crippen LogP contribution in [0, 0.1) is 0 Å². The van der Waals surface area contributed by atoms with Crippen molar-refractivity contribution in [1.82, 2.24) is 4.90 Å². The Kier molecular flexibility index (Phi) is 3.50. The number of aliphatic imine (C=N–C) groups is 2. The molecule has 1 unspecified atom stereocenters. The lowest BCUT2D eigenvalue weighted by Gasteiger charge is -2.36. The minimum Gasteiger partial charge on any atom is -0.363 e. The molecule has 5 heteroatoms. The van der Waals surface area contributed by atoms with Gasteiger partial charge in [-0.2, -0.15) is 0 Å². The first-order chi connectivity index (χ1) is 11.7. The maximum atomic E-state index is 12.9. The summed E-state index contributed by atoms with van der Waals surface area (Å²) in [6.45, 7) is 0.398. The van der Waals surface area contributed by atoms with Gasteiger partial charge in [0.2, 0.25) is 5.72 Å². The third-order valence-corrected chi connectivity index (χ3v) is 4.56. The number of carbonyl (C=O) groups excluding carboxylic acids is 1. The molecule has 2 heterocycles. The highest BCUT2D eigenvalue weighted by Gasteiger charge is 2.53. The van der Waals surface area contributed by atoms with E-state index in [1.165, 1.54) is 4.90 Å². The van der Waals surface area contributed by atoms with Gasteiger partial charge in [0.15, 0.2) is 6.17 Å². The first-order valence-electron chi connectivity index (χ1n) is 7.94. The predicted octanol–water partition coefficient (Wildman–Crippen LogP) is 2.01. The second-order valence-electron chi connectivity index (χ2n) is 5.93. The van der Waals surface area contributed by atoms with Crippen molar-refractivity contribution in [2.75, 3.05) is 6.54 Å². The molecule has 2 aliphatic rings. The largest absolute Gasteiger partial charge is 0.363 e. The van der Waals surface area contributed by atoms with Crippen molar-refractivity contribution in [2.45, 2.75) is 18.3 Å². The Labute approximate surface area is 140 Å². The number of amides is 1. The molecule has 2 aromatic carbocycles. The summed E-state index contributed by atoms with van der Waals surface area (Å²) in [5.41, 5.74) is 0.669. The Morgan fingerprint density at radius 3 is 2.42 bits per heavy atom. The van der Waals surface area contributed by atoms with E-state index < -0.39 is 11.9 Å². The Morgan fingerprint density at radius 2 is 1.67 bits per heavy atom. The van der Waals surface area contributed by atoms with Gasteiger partial charge in [0.1, 0.15) is 0 Å². The van der Waals surface area contributed by atoms with Crippen LogP contribution in [0.1, 0.15) is 21.5 Å². The Balaban J connectivity index is 1.70. The normalized spacial score (nSPS) is 22.4. The molecule has 2 aromatic rings. The molecule has 1 amide bonds. The van der Waals surface area contributed by atoms with Crippen LogP contribution >= 0.6 is 0 Å². The molecule has 0 radical (unpaired) electrons. The number of hydrogen-bond donors (Lipinski definition) is 1. The fourth-order valence-corrected chi connectivity index (χ4v) is 3.36. The second-order valence-corrected chi connectivity index (χ2v) is 5.93. The molecule has 0 saturated carbocycles. The summed E-state index contributed by atoms with van der Waals surface area (Å²) in [5, 5.41) is 11.4. The highest BCUT2D eigenvalue weighted by atomic mass is 16.3. The molecule has 0 bridgehead atoms. The molecule has 0 aliphatic carbocycles. The van der Waals surface area contributed by atoms with Crippen LogP contribution in [0.5, 0.6) is 0 Å². The van der Waals surface area contributed by atoms with Crippen LogP contribution in [0.3, 0.4) is 0 Å².